The zero-order valence-electron chi connectivity index (χ0n) is 10.7. The third kappa shape index (κ3) is 2.21. The lowest BCUT2D eigenvalue weighted by Crippen LogP contribution is -2.64. The molecule has 0 aromatic heterocycles. The Morgan fingerprint density at radius 1 is 1.12 bits per heavy atom. The Morgan fingerprint density at radius 2 is 1.62 bits per heavy atom. The first kappa shape index (κ1) is 13.4. The molecule has 3 heteroatoms. The highest BCUT2D eigenvalue weighted by atomic mass is 29.3. The van der Waals surface area contributed by atoms with Crippen molar-refractivity contribution in [2.45, 2.75) is 26.2 Å². The molecule has 0 saturated carbocycles. The molecule has 88 valence electrons. The molecule has 1 N–H and O–H groups in total. The van der Waals surface area contributed by atoms with E-state index in [1.54, 1.807) is 0 Å². The Bertz CT molecular complexity index is 369. The van der Waals surface area contributed by atoms with Gasteiger partial charge in [-0.1, -0.05) is 66.9 Å². The molecule has 0 aliphatic carbocycles. The lowest BCUT2D eigenvalue weighted by atomic mass is 10.4. The maximum absolute atomic E-state index is 9.34. The number of benzene rings is 1. The smallest absolute Gasteiger partial charge is 0.0788 e. The highest BCUT2D eigenvalue weighted by Crippen LogP contribution is 2.25. The Morgan fingerprint density at radius 3 is 2.06 bits per heavy atom. The molecule has 1 aromatic carbocycles. The van der Waals surface area contributed by atoms with Crippen LogP contribution in [-0.2, 0) is 0 Å². The molecule has 0 unspecified atom stereocenters. The molecule has 16 heavy (non-hydrogen) atoms. The molecule has 0 spiro atoms. The lowest BCUT2D eigenvalue weighted by Gasteiger charge is -2.39. The van der Waals surface area contributed by atoms with E-state index in [4.69, 9.17) is 0 Å². The van der Waals surface area contributed by atoms with Gasteiger partial charge in [-0.3, -0.25) is 0 Å². The largest absolute Gasteiger partial charge is 0.392 e. The van der Waals surface area contributed by atoms with Gasteiger partial charge in [0.2, 0.25) is 0 Å². The van der Waals surface area contributed by atoms with E-state index in [9.17, 15) is 5.11 Å². The maximum atomic E-state index is 9.34. The van der Waals surface area contributed by atoms with Crippen molar-refractivity contribution in [2.24, 2.45) is 0 Å². The molecular formula is C13H22OSi2. The van der Waals surface area contributed by atoms with Gasteiger partial charge in [-0.2, -0.15) is 0 Å². The van der Waals surface area contributed by atoms with E-state index in [2.05, 4.69) is 63.1 Å². The molecule has 0 aliphatic heterocycles. The summed E-state index contributed by atoms with van der Waals surface area (Å²) < 4.78 is 0. The van der Waals surface area contributed by atoms with Crippen LogP contribution in [0, 0.1) is 0 Å². The van der Waals surface area contributed by atoms with Crippen LogP contribution in [0.5, 0.6) is 0 Å². The monoisotopic (exact) mass is 250 g/mol. The number of hydrogen-bond acceptors (Lipinski definition) is 1. The minimum absolute atomic E-state index is 0.141. The second kappa shape index (κ2) is 4.69. The van der Waals surface area contributed by atoms with Crippen LogP contribution in [-0.4, -0.2) is 26.9 Å². The Kier molecular flexibility index (Phi) is 3.94. The molecule has 0 radical (unpaired) electrons. The van der Waals surface area contributed by atoms with Crippen LogP contribution in [0.15, 0.2) is 42.1 Å². The quantitative estimate of drug-likeness (QED) is 0.814. The van der Waals surface area contributed by atoms with Gasteiger partial charge in [0.25, 0.3) is 0 Å². The van der Waals surface area contributed by atoms with E-state index < -0.39 is 15.2 Å². The molecule has 0 aliphatic rings. The normalized spacial score (nSPS) is 12.6. The minimum Gasteiger partial charge on any atom is -0.392 e. The molecule has 0 saturated heterocycles. The van der Waals surface area contributed by atoms with Crippen molar-refractivity contribution in [1.82, 2.24) is 0 Å². The van der Waals surface area contributed by atoms with E-state index in [-0.39, 0.29) is 6.61 Å². The molecular weight excluding hydrogens is 228 g/mol. The van der Waals surface area contributed by atoms with Crippen LogP contribution in [0.4, 0.5) is 0 Å². The van der Waals surface area contributed by atoms with E-state index >= 15 is 0 Å². The third-order valence-corrected chi connectivity index (χ3v) is 22.3. The Hall–Kier alpha value is -0.646. The first-order valence-corrected chi connectivity index (χ1v) is 12.7. The van der Waals surface area contributed by atoms with E-state index in [0.717, 1.165) is 5.20 Å². The van der Waals surface area contributed by atoms with E-state index in [0.29, 0.717) is 0 Å². The average molecular weight is 250 g/mol. The molecule has 0 fully saturated rings. The van der Waals surface area contributed by atoms with Gasteiger partial charge < -0.3 is 5.11 Å². The van der Waals surface area contributed by atoms with Crippen molar-refractivity contribution in [2.75, 3.05) is 6.61 Å². The van der Waals surface area contributed by atoms with Gasteiger partial charge in [-0.25, -0.2) is 0 Å². The fourth-order valence-corrected chi connectivity index (χ4v) is 10.4. The molecule has 1 nitrogen and oxygen atoms in total. The summed E-state index contributed by atoms with van der Waals surface area (Å²) in [5, 5.41) is 11.9. The zero-order valence-corrected chi connectivity index (χ0v) is 12.7. The summed E-state index contributed by atoms with van der Waals surface area (Å²) in [7, 11) is -3.09. The van der Waals surface area contributed by atoms with Crippen molar-refractivity contribution in [1.29, 1.82) is 0 Å². The standard InChI is InChI=1S/C13H22OSi2/c1-12(11-14)15(2,3)16(4,5)13-9-7-6-8-10-13/h6-10,14H,1,11H2,2-5H3. The van der Waals surface area contributed by atoms with Crippen molar-refractivity contribution < 1.29 is 5.11 Å². The second-order valence-electron chi connectivity index (χ2n) is 5.38. The first-order valence-electron chi connectivity index (χ1n) is 5.68. The zero-order chi connectivity index (χ0) is 12.4. The topological polar surface area (TPSA) is 20.2 Å². The van der Waals surface area contributed by atoms with Crippen LogP contribution >= 0.6 is 0 Å². The predicted molar refractivity (Wildman–Crippen MR) is 77.3 cm³/mol. The summed E-state index contributed by atoms with van der Waals surface area (Å²) in [6.07, 6.45) is 0. The maximum Gasteiger partial charge on any atom is 0.0788 e. The number of hydrogen-bond donors (Lipinski definition) is 1. The van der Waals surface area contributed by atoms with Crippen LogP contribution in [0.2, 0.25) is 26.2 Å². The fourth-order valence-electron chi connectivity index (χ4n) is 1.86. The van der Waals surface area contributed by atoms with Crippen molar-refractivity contribution >= 4 is 20.4 Å². The van der Waals surface area contributed by atoms with Crippen molar-refractivity contribution in [3.63, 3.8) is 0 Å². The van der Waals surface area contributed by atoms with Crippen LogP contribution in [0.3, 0.4) is 0 Å². The van der Waals surface area contributed by atoms with E-state index in [1.807, 2.05) is 0 Å². The van der Waals surface area contributed by atoms with Gasteiger partial charge in [0.1, 0.15) is 0 Å². The number of aliphatic hydroxyl groups is 1. The first-order chi connectivity index (χ1) is 7.34. The van der Waals surface area contributed by atoms with Crippen LogP contribution < -0.4 is 5.19 Å². The summed E-state index contributed by atoms with van der Waals surface area (Å²) in [4.78, 5) is 0. The molecule has 0 atom stereocenters. The molecule has 0 heterocycles. The highest BCUT2D eigenvalue weighted by Gasteiger charge is 2.43. The Balaban J connectivity index is 3.16. The number of aliphatic hydroxyl groups excluding tert-OH is 1. The number of rotatable bonds is 4. The molecule has 1 rings (SSSR count). The molecule has 1 aromatic rings. The van der Waals surface area contributed by atoms with Crippen molar-refractivity contribution in [3.05, 3.63) is 42.1 Å². The third-order valence-electron chi connectivity index (χ3n) is 4.13. The summed E-state index contributed by atoms with van der Waals surface area (Å²) in [5.41, 5.74) is 0. The predicted octanol–water partition coefficient (Wildman–Crippen LogP) is 2.48. The highest BCUT2D eigenvalue weighted by molar-refractivity contribution is 7.48. The van der Waals surface area contributed by atoms with Gasteiger partial charge in [0.05, 0.1) is 21.8 Å². The average Bonchev–Trinajstić information content (AvgIpc) is 2.28. The minimum atomic E-state index is -1.58. The summed E-state index contributed by atoms with van der Waals surface area (Å²) in [6.45, 7) is 13.7. The fraction of sp³-hybridized carbons (Fsp3) is 0.385. The van der Waals surface area contributed by atoms with Gasteiger partial charge >= 0.3 is 0 Å². The second-order valence-corrected chi connectivity index (χ2v) is 20.7. The summed E-state index contributed by atoms with van der Waals surface area (Å²) in [6, 6.07) is 10.7. The van der Waals surface area contributed by atoms with Gasteiger partial charge in [0.15, 0.2) is 0 Å². The van der Waals surface area contributed by atoms with Crippen LogP contribution in [0.1, 0.15) is 0 Å². The molecule has 0 amide bonds. The summed E-state index contributed by atoms with van der Waals surface area (Å²) in [5.74, 6) is 0. The van der Waals surface area contributed by atoms with Gasteiger partial charge in [-0.05, 0) is 0 Å². The SMILES string of the molecule is C=C(CO)[Si](C)(C)[Si](C)(C)c1ccccc1. The van der Waals surface area contributed by atoms with Crippen molar-refractivity contribution in [3.8, 4) is 0 Å². The van der Waals surface area contributed by atoms with Gasteiger partial charge in [-0.15, -0.1) is 6.58 Å². The van der Waals surface area contributed by atoms with Gasteiger partial charge in [0, 0.05) is 0 Å². The van der Waals surface area contributed by atoms with E-state index in [1.165, 1.54) is 5.19 Å². The molecule has 0 bridgehead atoms. The lowest BCUT2D eigenvalue weighted by molar-refractivity contribution is 0.338. The Labute approximate surface area is 101 Å². The summed E-state index contributed by atoms with van der Waals surface area (Å²) >= 11 is 0. The van der Waals surface area contributed by atoms with Crippen LogP contribution in [0.25, 0.3) is 0 Å².